The van der Waals surface area contributed by atoms with Gasteiger partial charge in [-0.15, -0.1) is 24.0 Å². The Kier molecular flexibility index (Phi) is 9.55. The van der Waals surface area contributed by atoms with Crippen LogP contribution in [0.1, 0.15) is 26.7 Å². The third-order valence-corrected chi connectivity index (χ3v) is 5.81. The number of aliphatic imine (C=N–C) groups is 1. The van der Waals surface area contributed by atoms with Crippen molar-refractivity contribution in [2.45, 2.75) is 37.5 Å². The topological polar surface area (TPSA) is 40.1 Å². The lowest BCUT2D eigenvalue weighted by atomic mass is 10.2. The maximum atomic E-state index is 5.22. The highest BCUT2D eigenvalue weighted by Crippen LogP contribution is 2.29. The maximum Gasteiger partial charge on any atom is 0.193 e. The fourth-order valence-electron chi connectivity index (χ4n) is 3.37. The van der Waals surface area contributed by atoms with Gasteiger partial charge in [0.2, 0.25) is 0 Å². The molecule has 2 saturated heterocycles. The molecule has 2 rings (SSSR count). The predicted molar refractivity (Wildman–Crippen MR) is 111 cm³/mol. The first-order valence-corrected chi connectivity index (χ1v) is 9.37. The average molecular weight is 456 g/mol. The fourth-order valence-corrected chi connectivity index (χ4v) is 4.48. The van der Waals surface area contributed by atoms with Crippen LogP contribution in [0.3, 0.4) is 0 Å². The Bertz CT molecular complexity index is 381. The van der Waals surface area contributed by atoms with E-state index < -0.39 is 0 Å². The van der Waals surface area contributed by atoms with Crippen LogP contribution in [0.25, 0.3) is 0 Å². The van der Waals surface area contributed by atoms with Gasteiger partial charge in [-0.1, -0.05) is 0 Å². The number of guanidine groups is 1. The normalized spacial score (nSPS) is 25.3. The SMILES string of the molecule is CN=C(NCC1CCCN1CCOC)N1CCSC(C)(C)C1.I. The summed E-state index contributed by atoms with van der Waals surface area (Å²) in [6.07, 6.45) is 2.57. The zero-order valence-electron chi connectivity index (χ0n) is 15.0. The molecule has 2 aliphatic heterocycles. The second-order valence-corrected chi connectivity index (χ2v) is 8.58. The van der Waals surface area contributed by atoms with Gasteiger partial charge >= 0.3 is 0 Å². The molecule has 5 nitrogen and oxygen atoms in total. The molecule has 1 N–H and O–H groups in total. The highest BCUT2D eigenvalue weighted by Gasteiger charge is 2.29. The Labute approximate surface area is 163 Å². The summed E-state index contributed by atoms with van der Waals surface area (Å²) in [5.41, 5.74) is 0. The van der Waals surface area contributed by atoms with Crippen LogP contribution in [0.2, 0.25) is 0 Å². The molecule has 136 valence electrons. The van der Waals surface area contributed by atoms with Crippen LogP contribution in [-0.2, 0) is 4.74 Å². The van der Waals surface area contributed by atoms with E-state index in [1.807, 2.05) is 7.05 Å². The minimum absolute atomic E-state index is 0. The molecule has 0 saturated carbocycles. The van der Waals surface area contributed by atoms with Crippen LogP contribution >= 0.6 is 35.7 Å². The number of thioether (sulfide) groups is 1. The Morgan fingerprint density at radius 1 is 1.39 bits per heavy atom. The van der Waals surface area contributed by atoms with Crippen molar-refractivity contribution in [3.8, 4) is 0 Å². The number of nitrogens with zero attached hydrogens (tertiary/aromatic N) is 3. The van der Waals surface area contributed by atoms with E-state index in [4.69, 9.17) is 4.74 Å². The summed E-state index contributed by atoms with van der Waals surface area (Å²) in [7, 11) is 3.68. The first-order valence-electron chi connectivity index (χ1n) is 8.38. The van der Waals surface area contributed by atoms with Crippen molar-refractivity contribution in [1.82, 2.24) is 15.1 Å². The lowest BCUT2D eigenvalue weighted by molar-refractivity contribution is 0.141. The standard InChI is InChI=1S/C16H32N4OS.HI/c1-16(2)13-20(9-11-22-16)15(17-3)18-12-14-6-5-7-19(14)8-10-21-4;/h14H,5-13H2,1-4H3,(H,17,18);1H. The zero-order valence-corrected chi connectivity index (χ0v) is 18.2. The minimum Gasteiger partial charge on any atom is -0.383 e. The Hall–Kier alpha value is 0.270. The average Bonchev–Trinajstić information content (AvgIpc) is 2.92. The lowest BCUT2D eigenvalue weighted by Crippen LogP contribution is -2.53. The molecule has 1 unspecified atom stereocenters. The van der Waals surface area contributed by atoms with E-state index in [9.17, 15) is 0 Å². The quantitative estimate of drug-likeness (QED) is 0.390. The number of nitrogens with one attached hydrogen (secondary N) is 1. The van der Waals surface area contributed by atoms with E-state index in [2.05, 4.69) is 45.7 Å². The van der Waals surface area contributed by atoms with Gasteiger partial charge < -0.3 is 15.0 Å². The van der Waals surface area contributed by atoms with Gasteiger partial charge in [-0.25, -0.2) is 0 Å². The molecule has 2 aliphatic rings. The summed E-state index contributed by atoms with van der Waals surface area (Å²) in [5.74, 6) is 2.24. The smallest absolute Gasteiger partial charge is 0.193 e. The second kappa shape index (κ2) is 10.3. The molecule has 1 atom stereocenters. The fraction of sp³-hybridized carbons (Fsp3) is 0.938. The first kappa shape index (κ1) is 21.3. The van der Waals surface area contributed by atoms with Crippen LogP contribution in [0.4, 0.5) is 0 Å². The molecule has 0 aliphatic carbocycles. The van der Waals surface area contributed by atoms with Crippen LogP contribution in [0.5, 0.6) is 0 Å². The summed E-state index contributed by atoms with van der Waals surface area (Å²) in [6, 6.07) is 0.610. The minimum atomic E-state index is 0. The van der Waals surface area contributed by atoms with E-state index in [-0.39, 0.29) is 24.0 Å². The number of rotatable bonds is 5. The molecular formula is C16H33IN4OS. The number of hydrogen-bond acceptors (Lipinski definition) is 4. The molecule has 0 bridgehead atoms. The van der Waals surface area contributed by atoms with Crippen LogP contribution < -0.4 is 5.32 Å². The Morgan fingerprint density at radius 2 is 2.17 bits per heavy atom. The van der Waals surface area contributed by atoms with Crippen molar-refractivity contribution < 1.29 is 4.74 Å². The van der Waals surface area contributed by atoms with Gasteiger partial charge in [0.15, 0.2) is 5.96 Å². The number of halogens is 1. The van der Waals surface area contributed by atoms with Gasteiger partial charge in [0.05, 0.1) is 6.61 Å². The Morgan fingerprint density at radius 3 is 2.83 bits per heavy atom. The molecule has 7 heteroatoms. The van der Waals surface area contributed by atoms with Crippen molar-refractivity contribution in [3.05, 3.63) is 0 Å². The van der Waals surface area contributed by atoms with E-state index in [0.717, 1.165) is 38.7 Å². The maximum absolute atomic E-state index is 5.22. The molecule has 0 amide bonds. The van der Waals surface area contributed by atoms with Crippen LogP contribution in [0.15, 0.2) is 4.99 Å². The van der Waals surface area contributed by atoms with Crippen molar-refractivity contribution in [1.29, 1.82) is 0 Å². The highest BCUT2D eigenvalue weighted by atomic mass is 127. The molecule has 0 spiro atoms. The van der Waals surface area contributed by atoms with Gasteiger partial charge in [0.25, 0.3) is 0 Å². The summed E-state index contributed by atoms with van der Waals surface area (Å²) in [4.78, 5) is 9.45. The van der Waals surface area contributed by atoms with Gasteiger partial charge in [0.1, 0.15) is 0 Å². The largest absolute Gasteiger partial charge is 0.383 e. The molecule has 0 radical (unpaired) electrons. The predicted octanol–water partition coefficient (Wildman–Crippen LogP) is 2.12. The molecule has 2 fully saturated rings. The third kappa shape index (κ3) is 6.59. The van der Waals surface area contributed by atoms with Gasteiger partial charge in [-0.2, -0.15) is 11.8 Å². The third-order valence-electron chi connectivity index (χ3n) is 4.51. The van der Waals surface area contributed by atoms with Crippen LogP contribution in [-0.4, -0.2) is 85.8 Å². The monoisotopic (exact) mass is 456 g/mol. The molecule has 0 aromatic heterocycles. The summed E-state index contributed by atoms with van der Waals surface area (Å²) in [5, 5.41) is 3.61. The lowest BCUT2D eigenvalue weighted by Gasteiger charge is -2.39. The van der Waals surface area contributed by atoms with E-state index >= 15 is 0 Å². The molecule has 0 aromatic rings. The highest BCUT2D eigenvalue weighted by molar-refractivity contribution is 14.0. The molecule has 2 heterocycles. The van der Waals surface area contributed by atoms with Crippen molar-refractivity contribution in [2.75, 3.05) is 59.2 Å². The van der Waals surface area contributed by atoms with Crippen LogP contribution in [0, 0.1) is 0 Å². The van der Waals surface area contributed by atoms with Crippen molar-refractivity contribution >= 4 is 41.7 Å². The van der Waals surface area contributed by atoms with Crippen molar-refractivity contribution in [3.63, 3.8) is 0 Å². The first-order chi connectivity index (χ1) is 10.6. The second-order valence-electron chi connectivity index (χ2n) is 6.78. The number of hydrogen-bond donors (Lipinski definition) is 1. The number of methoxy groups -OCH3 is 1. The molecule has 23 heavy (non-hydrogen) atoms. The van der Waals surface area contributed by atoms with Gasteiger partial charge in [-0.05, 0) is 33.2 Å². The summed E-state index contributed by atoms with van der Waals surface area (Å²) < 4.78 is 5.53. The van der Waals surface area contributed by atoms with Gasteiger partial charge in [-0.3, -0.25) is 9.89 Å². The molecule has 0 aromatic carbocycles. The Balaban J connectivity index is 0.00000264. The van der Waals surface area contributed by atoms with E-state index in [1.54, 1.807) is 7.11 Å². The summed E-state index contributed by atoms with van der Waals surface area (Å²) in [6.45, 7) is 10.8. The number of ether oxygens (including phenoxy) is 1. The van der Waals surface area contributed by atoms with Gasteiger partial charge in [0, 0.05) is 56.9 Å². The molecular weight excluding hydrogens is 423 g/mol. The summed E-state index contributed by atoms with van der Waals surface area (Å²) >= 11 is 2.06. The van der Waals surface area contributed by atoms with E-state index in [0.29, 0.717) is 10.8 Å². The van der Waals surface area contributed by atoms with E-state index in [1.165, 1.54) is 25.1 Å². The number of likely N-dealkylation sites (tertiary alicyclic amines) is 1. The zero-order chi connectivity index (χ0) is 16.0. The van der Waals surface area contributed by atoms with Crippen molar-refractivity contribution in [2.24, 2.45) is 4.99 Å².